The monoisotopic (exact) mass is 508 g/mol. The summed E-state index contributed by atoms with van der Waals surface area (Å²) >= 11 is 0. The molecule has 1 unspecified atom stereocenters. The Bertz CT molecular complexity index is 1460. The van der Waals surface area contributed by atoms with Crippen LogP contribution in [0.15, 0.2) is 40.1 Å². The van der Waals surface area contributed by atoms with Crippen LogP contribution in [0.2, 0.25) is 0 Å². The van der Waals surface area contributed by atoms with Crippen LogP contribution < -0.4 is 16.4 Å². The lowest BCUT2D eigenvalue weighted by atomic mass is 9.83. The van der Waals surface area contributed by atoms with Crippen LogP contribution >= 0.6 is 0 Å². The van der Waals surface area contributed by atoms with Gasteiger partial charge in [-0.15, -0.1) is 0 Å². The van der Waals surface area contributed by atoms with E-state index in [0.29, 0.717) is 24.6 Å². The van der Waals surface area contributed by atoms with Crippen LogP contribution in [-0.2, 0) is 7.05 Å². The van der Waals surface area contributed by atoms with E-state index < -0.39 is 40.9 Å². The third-order valence-corrected chi connectivity index (χ3v) is 7.68. The van der Waals surface area contributed by atoms with Crippen molar-refractivity contribution in [1.82, 2.24) is 14.3 Å². The topological polar surface area (TPSA) is 68.9 Å². The molecule has 0 bridgehead atoms. The third kappa shape index (κ3) is 4.08. The molecule has 11 heteroatoms. The first-order chi connectivity index (χ1) is 16.9. The normalized spacial score (nSPS) is 21.2. The van der Waals surface area contributed by atoms with E-state index in [1.807, 2.05) is 0 Å². The predicted molar refractivity (Wildman–Crippen MR) is 124 cm³/mol. The van der Waals surface area contributed by atoms with Gasteiger partial charge in [-0.1, -0.05) is 18.2 Å². The lowest BCUT2D eigenvalue weighted by Gasteiger charge is -2.29. The molecule has 0 amide bonds. The van der Waals surface area contributed by atoms with Crippen LogP contribution in [-0.4, -0.2) is 20.3 Å². The average Bonchev–Trinajstić information content (AvgIpc) is 3.52. The highest BCUT2D eigenvalue weighted by Gasteiger charge is 2.59. The fourth-order valence-electron chi connectivity index (χ4n) is 5.41. The Hall–Kier alpha value is -3.24. The lowest BCUT2D eigenvalue weighted by molar-refractivity contribution is -0.0515. The Kier molecular flexibility index (Phi) is 5.72. The molecule has 0 radical (unpaired) electrons. The van der Waals surface area contributed by atoms with Gasteiger partial charge >= 0.3 is 0 Å². The zero-order chi connectivity index (χ0) is 26.0. The number of nitrogens with one attached hydrogen (secondary N) is 1. The van der Waals surface area contributed by atoms with Crippen LogP contribution in [0.3, 0.4) is 0 Å². The van der Waals surface area contributed by atoms with Gasteiger partial charge in [-0.2, -0.15) is 5.10 Å². The highest BCUT2D eigenvalue weighted by atomic mass is 19.3. The van der Waals surface area contributed by atoms with Crippen molar-refractivity contribution in [2.45, 2.75) is 63.5 Å². The first-order valence-electron chi connectivity index (χ1n) is 11.8. The van der Waals surface area contributed by atoms with Crippen molar-refractivity contribution in [3.05, 3.63) is 68.1 Å². The molecule has 0 saturated heterocycles. The van der Waals surface area contributed by atoms with Crippen LogP contribution in [0.4, 0.5) is 27.8 Å². The molecule has 2 heterocycles. The van der Waals surface area contributed by atoms with E-state index in [4.69, 9.17) is 0 Å². The molecule has 36 heavy (non-hydrogen) atoms. The molecule has 2 fully saturated rings. The molecule has 5 rings (SSSR count). The van der Waals surface area contributed by atoms with Crippen molar-refractivity contribution in [3.63, 3.8) is 0 Å². The number of benzene rings is 1. The van der Waals surface area contributed by atoms with Crippen molar-refractivity contribution in [3.8, 4) is 0 Å². The molecule has 1 N–H and O–H groups in total. The second-order valence-electron chi connectivity index (χ2n) is 9.98. The number of hydrogen-bond acceptors (Lipinski definition) is 4. The molecule has 2 saturated carbocycles. The number of alkyl halides is 4. The molecule has 2 atom stereocenters. The molecule has 6 nitrogen and oxygen atoms in total. The second kappa shape index (κ2) is 8.41. The molecule has 3 aromatic rings. The van der Waals surface area contributed by atoms with Crippen LogP contribution in [0.5, 0.6) is 0 Å². The maximum Gasteiger partial charge on any atom is 0.274 e. The number of nitrogens with zero attached hydrogens (tertiary/aromatic N) is 3. The zero-order valence-corrected chi connectivity index (χ0v) is 19.7. The van der Waals surface area contributed by atoms with Crippen molar-refractivity contribution >= 4 is 16.6 Å². The van der Waals surface area contributed by atoms with Gasteiger partial charge in [-0.3, -0.25) is 9.59 Å². The summed E-state index contributed by atoms with van der Waals surface area (Å²) in [6, 6.07) is 3.87. The maximum absolute atomic E-state index is 14.7. The summed E-state index contributed by atoms with van der Waals surface area (Å²) in [4.78, 5) is 25.7. The smallest absolute Gasteiger partial charge is 0.274 e. The summed E-state index contributed by atoms with van der Waals surface area (Å²) in [6.45, 7) is 1.57. The molecule has 0 aliphatic heterocycles. The molecule has 1 aromatic carbocycles. The van der Waals surface area contributed by atoms with Gasteiger partial charge < -0.3 is 9.88 Å². The molecule has 2 aromatic heterocycles. The summed E-state index contributed by atoms with van der Waals surface area (Å²) in [7, 11) is 1.40. The van der Waals surface area contributed by atoms with E-state index in [0.717, 1.165) is 10.7 Å². The second-order valence-corrected chi connectivity index (χ2v) is 9.98. The molecule has 2 aliphatic carbocycles. The number of aromatic nitrogens is 3. The van der Waals surface area contributed by atoms with Crippen LogP contribution in [0, 0.1) is 11.2 Å². The van der Waals surface area contributed by atoms with E-state index in [-0.39, 0.29) is 41.1 Å². The highest BCUT2D eigenvalue weighted by Crippen LogP contribution is 2.65. The predicted octanol–water partition coefficient (Wildman–Crippen LogP) is 5.49. The summed E-state index contributed by atoms with van der Waals surface area (Å²) < 4.78 is 71.0. The van der Waals surface area contributed by atoms with Crippen molar-refractivity contribution in [1.29, 1.82) is 0 Å². The first kappa shape index (κ1) is 24.5. The molecular formula is C25H25F5N4O2. The van der Waals surface area contributed by atoms with Gasteiger partial charge in [0.1, 0.15) is 5.82 Å². The maximum atomic E-state index is 14.7. The van der Waals surface area contributed by atoms with Crippen LogP contribution in [0.1, 0.15) is 68.7 Å². The number of halogens is 5. The fourth-order valence-corrected chi connectivity index (χ4v) is 5.41. The number of hydrogen-bond donors (Lipinski definition) is 1. The average molecular weight is 508 g/mol. The zero-order valence-electron chi connectivity index (χ0n) is 19.7. The molecule has 192 valence electrons. The molecule has 1 spiro atoms. The Morgan fingerprint density at radius 1 is 1.08 bits per heavy atom. The first-order valence-corrected chi connectivity index (χ1v) is 11.8. The summed E-state index contributed by atoms with van der Waals surface area (Å²) in [5.41, 5.74) is -2.02. The summed E-state index contributed by atoms with van der Waals surface area (Å²) in [6.07, 6.45) is -0.703. The van der Waals surface area contributed by atoms with Gasteiger partial charge in [-0.05, 0) is 31.6 Å². The Morgan fingerprint density at radius 2 is 1.75 bits per heavy atom. The van der Waals surface area contributed by atoms with Gasteiger partial charge in [0.05, 0.1) is 17.0 Å². The van der Waals surface area contributed by atoms with E-state index >= 15 is 0 Å². The number of fused-ring (bicyclic) bond motifs is 1. The van der Waals surface area contributed by atoms with Crippen molar-refractivity contribution in [2.24, 2.45) is 12.5 Å². The van der Waals surface area contributed by atoms with E-state index in [9.17, 15) is 31.5 Å². The fraction of sp³-hybridized carbons (Fsp3) is 0.480. The van der Waals surface area contributed by atoms with Crippen molar-refractivity contribution in [2.75, 3.05) is 5.32 Å². The molecular weight excluding hydrogens is 483 g/mol. The van der Waals surface area contributed by atoms with E-state index in [1.165, 1.54) is 36.0 Å². The number of pyridine rings is 1. The largest absolute Gasteiger partial charge is 0.361 e. The number of anilines is 1. The Morgan fingerprint density at radius 3 is 2.42 bits per heavy atom. The van der Waals surface area contributed by atoms with Gasteiger partial charge in [0.2, 0.25) is 5.92 Å². The summed E-state index contributed by atoms with van der Waals surface area (Å²) in [5.74, 6) is -3.56. The minimum Gasteiger partial charge on any atom is -0.361 e. The SMILES string of the molecule is CC(Nc1nn(C)c(=O)c2cc(=O)n([C@H]3CC34CCC(F)(F)CC4)cc12)c1cccc(C(F)F)c1F. The van der Waals surface area contributed by atoms with Gasteiger partial charge in [0, 0.05) is 49.1 Å². The summed E-state index contributed by atoms with van der Waals surface area (Å²) in [5, 5.41) is 7.63. The highest BCUT2D eigenvalue weighted by molar-refractivity contribution is 5.90. The Labute approximate surface area is 202 Å². The van der Waals surface area contributed by atoms with E-state index in [2.05, 4.69) is 10.4 Å². The Balaban J connectivity index is 1.53. The number of rotatable bonds is 5. The standard InChI is InChI=1S/C25H25F5N4O2/c1-13(14-4-3-5-15(20(14)26)21(27)28)31-22-17-12-34(19(35)10-16(17)23(36)33(2)32-22)18-11-24(18)6-8-25(29,30)9-7-24/h3-5,10,12-13,18,21H,6-9,11H2,1-2H3,(H,31,32)/t13?,18-/m0/s1. The quantitative estimate of drug-likeness (QED) is 0.463. The van der Waals surface area contributed by atoms with Crippen LogP contribution in [0.25, 0.3) is 10.8 Å². The van der Waals surface area contributed by atoms with Gasteiger partial charge in [-0.25, -0.2) is 26.6 Å². The van der Waals surface area contributed by atoms with E-state index in [1.54, 1.807) is 6.92 Å². The number of aryl methyl sites for hydroxylation is 1. The van der Waals surface area contributed by atoms with Crippen molar-refractivity contribution < 1.29 is 22.0 Å². The lowest BCUT2D eigenvalue weighted by Crippen LogP contribution is -2.29. The third-order valence-electron chi connectivity index (χ3n) is 7.68. The van der Waals surface area contributed by atoms with Gasteiger partial charge in [0.15, 0.2) is 5.82 Å². The minimum atomic E-state index is -2.98. The van der Waals surface area contributed by atoms with Gasteiger partial charge in [0.25, 0.3) is 17.5 Å². The minimum absolute atomic E-state index is 0.00537. The molecule has 2 aliphatic rings.